The lowest BCUT2D eigenvalue weighted by Crippen LogP contribution is -2.45. The van der Waals surface area contributed by atoms with Gasteiger partial charge in [-0.1, -0.05) is 0 Å². The molecule has 1 amide bonds. The van der Waals surface area contributed by atoms with Crippen LogP contribution in [0.5, 0.6) is 0 Å². The molecule has 0 aliphatic carbocycles. The maximum Gasteiger partial charge on any atom is 0.289 e. The van der Waals surface area contributed by atoms with Crippen molar-refractivity contribution in [2.24, 2.45) is 5.73 Å². The molecule has 0 radical (unpaired) electrons. The van der Waals surface area contributed by atoms with E-state index in [1.807, 2.05) is 0 Å². The molecule has 15 heavy (non-hydrogen) atoms. The molecular weight excluding hydrogens is 216 g/mol. The monoisotopic (exact) mass is 230 g/mol. The Kier molecular flexibility index (Phi) is 4.17. The number of likely N-dealkylation sites (tertiary alicyclic amines) is 1. The van der Waals surface area contributed by atoms with E-state index in [4.69, 9.17) is 10.2 Å². The van der Waals surface area contributed by atoms with Crippen molar-refractivity contribution in [1.82, 2.24) is 4.90 Å². The molecule has 5 heteroatoms. The second-order valence-electron chi connectivity index (χ2n) is 3.63. The van der Waals surface area contributed by atoms with Crippen LogP contribution in [0.15, 0.2) is 22.8 Å². The van der Waals surface area contributed by atoms with E-state index in [2.05, 4.69) is 0 Å². The third kappa shape index (κ3) is 2.73. The molecule has 84 valence electrons. The summed E-state index contributed by atoms with van der Waals surface area (Å²) in [6.45, 7) is 1.42. The number of halogens is 1. The molecule has 2 rings (SSSR count). The summed E-state index contributed by atoms with van der Waals surface area (Å²) < 4.78 is 5.05. The van der Waals surface area contributed by atoms with Crippen molar-refractivity contribution in [2.75, 3.05) is 13.1 Å². The van der Waals surface area contributed by atoms with Crippen molar-refractivity contribution in [2.45, 2.75) is 18.9 Å². The fourth-order valence-electron chi connectivity index (χ4n) is 1.75. The number of carbonyl (C=O) groups is 1. The average molecular weight is 231 g/mol. The summed E-state index contributed by atoms with van der Waals surface area (Å²) in [4.78, 5) is 13.5. The van der Waals surface area contributed by atoms with E-state index in [1.54, 1.807) is 17.0 Å². The first-order valence-electron chi connectivity index (χ1n) is 4.86. The van der Waals surface area contributed by atoms with Crippen molar-refractivity contribution in [3.05, 3.63) is 24.2 Å². The fraction of sp³-hybridized carbons (Fsp3) is 0.500. The quantitative estimate of drug-likeness (QED) is 0.790. The van der Waals surface area contributed by atoms with Crippen LogP contribution >= 0.6 is 12.4 Å². The highest BCUT2D eigenvalue weighted by Gasteiger charge is 2.23. The van der Waals surface area contributed by atoms with Crippen LogP contribution < -0.4 is 5.73 Å². The maximum atomic E-state index is 11.8. The largest absolute Gasteiger partial charge is 0.459 e. The van der Waals surface area contributed by atoms with E-state index in [1.165, 1.54) is 6.26 Å². The molecule has 0 bridgehead atoms. The molecule has 2 heterocycles. The predicted octanol–water partition coefficient (Wildman–Crippen LogP) is 1.26. The SMILES string of the molecule is Cl.NC1CCCN(C(=O)c2ccco2)C1. The Bertz CT molecular complexity index is 313. The highest BCUT2D eigenvalue weighted by atomic mass is 35.5. The molecule has 1 fully saturated rings. The molecule has 1 aliphatic rings. The Morgan fingerprint density at radius 1 is 1.60 bits per heavy atom. The van der Waals surface area contributed by atoms with Gasteiger partial charge in [-0.05, 0) is 25.0 Å². The number of carbonyl (C=O) groups excluding carboxylic acids is 1. The second-order valence-corrected chi connectivity index (χ2v) is 3.63. The first-order chi connectivity index (χ1) is 6.77. The van der Waals surface area contributed by atoms with Crippen LogP contribution in [0, 0.1) is 0 Å². The smallest absolute Gasteiger partial charge is 0.289 e. The Balaban J connectivity index is 0.00000112. The number of rotatable bonds is 1. The van der Waals surface area contributed by atoms with E-state index >= 15 is 0 Å². The Morgan fingerprint density at radius 3 is 3.00 bits per heavy atom. The van der Waals surface area contributed by atoms with Gasteiger partial charge in [0.05, 0.1) is 6.26 Å². The summed E-state index contributed by atoms with van der Waals surface area (Å²) in [7, 11) is 0. The standard InChI is InChI=1S/C10H14N2O2.ClH/c11-8-3-1-5-12(7-8)10(13)9-4-2-6-14-9;/h2,4,6,8H,1,3,5,7,11H2;1H. The van der Waals surface area contributed by atoms with Crippen molar-refractivity contribution >= 4 is 18.3 Å². The number of hydrogen-bond acceptors (Lipinski definition) is 3. The zero-order valence-electron chi connectivity index (χ0n) is 8.39. The van der Waals surface area contributed by atoms with Gasteiger partial charge in [-0.3, -0.25) is 4.79 Å². The van der Waals surface area contributed by atoms with E-state index in [0.29, 0.717) is 12.3 Å². The Hall–Kier alpha value is -1.00. The van der Waals surface area contributed by atoms with Crippen molar-refractivity contribution in [1.29, 1.82) is 0 Å². The third-order valence-electron chi connectivity index (χ3n) is 2.48. The molecule has 1 saturated heterocycles. The summed E-state index contributed by atoms with van der Waals surface area (Å²) in [6, 6.07) is 3.52. The molecule has 4 nitrogen and oxygen atoms in total. The molecule has 1 aliphatic heterocycles. The van der Waals surface area contributed by atoms with Crippen LogP contribution in [0.25, 0.3) is 0 Å². The number of hydrogen-bond donors (Lipinski definition) is 1. The maximum absolute atomic E-state index is 11.8. The minimum atomic E-state index is -0.0508. The van der Waals surface area contributed by atoms with Crippen molar-refractivity contribution in [3.8, 4) is 0 Å². The molecule has 1 aromatic rings. The zero-order chi connectivity index (χ0) is 9.97. The highest BCUT2D eigenvalue weighted by Crippen LogP contribution is 2.12. The summed E-state index contributed by atoms with van der Waals surface area (Å²) >= 11 is 0. The van der Waals surface area contributed by atoms with Crippen LogP contribution in [-0.2, 0) is 0 Å². The Morgan fingerprint density at radius 2 is 2.40 bits per heavy atom. The van der Waals surface area contributed by atoms with Gasteiger partial charge in [0.25, 0.3) is 5.91 Å². The Labute approximate surface area is 94.8 Å². The van der Waals surface area contributed by atoms with Crippen LogP contribution in [0.4, 0.5) is 0 Å². The van der Waals surface area contributed by atoms with Crippen LogP contribution in [0.3, 0.4) is 0 Å². The summed E-state index contributed by atoms with van der Waals surface area (Å²) in [5.41, 5.74) is 5.79. The number of nitrogens with zero attached hydrogens (tertiary/aromatic N) is 1. The number of furan rings is 1. The highest BCUT2D eigenvalue weighted by molar-refractivity contribution is 5.91. The van der Waals surface area contributed by atoms with E-state index in [-0.39, 0.29) is 24.4 Å². The van der Waals surface area contributed by atoms with Crippen LogP contribution in [0.1, 0.15) is 23.4 Å². The van der Waals surface area contributed by atoms with Gasteiger partial charge in [-0.2, -0.15) is 0 Å². The van der Waals surface area contributed by atoms with E-state index < -0.39 is 0 Å². The minimum absolute atomic E-state index is 0. The molecule has 1 atom stereocenters. The molecular formula is C10H15ClN2O2. The lowest BCUT2D eigenvalue weighted by atomic mass is 10.1. The summed E-state index contributed by atoms with van der Waals surface area (Å²) in [6.07, 6.45) is 3.49. The van der Waals surface area contributed by atoms with Gasteiger partial charge < -0.3 is 15.1 Å². The third-order valence-corrected chi connectivity index (χ3v) is 2.48. The van der Waals surface area contributed by atoms with E-state index in [0.717, 1.165) is 19.4 Å². The van der Waals surface area contributed by atoms with Gasteiger partial charge >= 0.3 is 0 Å². The minimum Gasteiger partial charge on any atom is -0.459 e. The van der Waals surface area contributed by atoms with Gasteiger partial charge in [0.1, 0.15) is 0 Å². The molecule has 0 aromatic carbocycles. The molecule has 0 spiro atoms. The number of piperidine rings is 1. The molecule has 0 saturated carbocycles. The first-order valence-corrected chi connectivity index (χ1v) is 4.86. The summed E-state index contributed by atoms with van der Waals surface area (Å²) in [5, 5.41) is 0. The molecule has 1 aromatic heterocycles. The second kappa shape index (κ2) is 5.19. The van der Waals surface area contributed by atoms with Crippen LogP contribution in [0.2, 0.25) is 0 Å². The van der Waals surface area contributed by atoms with Gasteiger partial charge in [0.2, 0.25) is 0 Å². The first kappa shape index (κ1) is 12.1. The lowest BCUT2D eigenvalue weighted by molar-refractivity contribution is 0.0676. The normalized spacial score (nSPS) is 20.9. The van der Waals surface area contributed by atoms with Crippen molar-refractivity contribution < 1.29 is 9.21 Å². The topological polar surface area (TPSA) is 59.5 Å². The molecule has 1 unspecified atom stereocenters. The average Bonchev–Trinajstić information content (AvgIpc) is 2.69. The van der Waals surface area contributed by atoms with Crippen molar-refractivity contribution in [3.63, 3.8) is 0 Å². The number of amides is 1. The van der Waals surface area contributed by atoms with Gasteiger partial charge in [-0.25, -0.2) is 0 Å². The summed E-state index contributed by atoms with van der Waals surface area (Å²) in [5.74, 6) is 0.351. The molecule has 2 N–H and O–H groups in total. The van der Waals surface area contributed by atoms with E-state index in [9.17, 15) is 4.79 Å². The lowest BCUT2D eigenvalue weighted by Gasteiger charge is -2.29. The fourth-order valence-corrected chi connectivity index (χ4v) is 1.75. The predicted molar refractivity (Wildman–Crippen MR) is 59.1 cm³/mol. The van der Waals surface area contributed by atoms with Gasteiger partial charge in [-0.15, -0.1) is 12.4 Å². The van der Waals surface area contributed by atoms with Gasteiger partial charge in [0.15, 0.2) is 5.76 Å². The zero-order valence-corrected chi connectivity index (χ0v) is 9.20. The van der Waals surface area contributed by atoms with Gasteiger partial charge in [0, 0.05) is 19.1 Å². The van der Waals surface area contributed by atoms with Crippen LogP contribution in [-0.4, -0.2) is 29.9 Å². The number of nitrogens with two attached hydrogens (primary N) is 1.